The Hall–Kier alpha value is -0.120. The molecule has 0 bridgehead atoms. The first-order chi connectivity index (χ1) is 7.59. The number of likely N-dealkylation sites (N-methyl/N-ethyl adjacent to an activating group) is 1. The van der Waals surface area contributed by atoms with Crippen molar-refractivity contribution in [2.24, 2.45) is 0 Å². The van der Waals surface area contributed by atoms with Crippen molar-refractivity contribution in [3.8, 4) is 0 Å². The van der Waals surface area contributed by atoms with Crippen molar-refractivity contribution < 1.29 is 9.84 Å². The molecular weight excluding hydrogens is 202 g/mol. The van der Waals surface area contributed by atoms with Crippen molar-refractivity contribution in [2.75, 3.05) is 20.2 Å². The number of ether oxygens (including phenoxy) is 1. The van der Waals surface area contributed by atoms with Crippen LogP contribution in [0.15, 0.2) is 0 Å². The minimum atomic E-state index is -0.352. The van der Waals surface area contributed by atoms with Gasteiger partial charge in [0, 0.05) is 12.6 Å². The lowest BCUT2D eigenvalue weighted by Gasteiger charge is -2.32. The Balaban J connectivity index is 2.18. The van der Waals surface area contributed by atoms with Gasteiger partial charge < -0.3 is 14.7 Å². The molecule has 1 N–H and O–H groups in total. The Morgan fingerprint density at radius 3 is 2.44 bits per heavy atom. The molecule has 16 heavy (non-hydrogen) atoms. The Bertz CT molecular complexity index is 179. The minimum absolute atomic E-state index is 0.203. The quantitative estimate of drug-likeness (QED) is 0.756. The fourth-order valence-electron chi connectivity index (χ4n) is 2.36. The van der Waals surface area contributed by atoms with E-state index in [1.54, 1.807) is 0 Å². The smallest absolute Gasteiger partial charge is 0.0900 e. The number of hydrogen-bond acceptors (Lipinski definition) is 3. The van der Waals surface area contributed by atoms with Crippen LogP contribution in [-0.2, 0) is 4.74 Å². The fourth-order valence-corrected chi connectivity index (χ4v) is 2.36. The molecule has 1 atom stereocenters. The molecule has 0 radical (unpaired) electrons. The third kappa shape index (κ3) is 5.28. The van der Waals surface area contributed by atoms with Gasteiger partial charge in [0.2, 0.25) is 0 Å². The van der Waals surface area contributed by atoms with Gasteiger partial charge in [-0.05, 0) is 33.7 Å². The summed E-state index contributed by atoms with van der Waals surface area (Å²) < 4.78 is 5.42. The monoisotopic (exact) mass is 229 g/mol. The van der Waals surface area contributed by atoms with E-state index >= 15 is 0 Å². The normalized spacial score (nSPS) is 20.6. The highest BCUT2D eigenvalue weighted by Gasteiger charge is 2.20. The number of rotatable bonds is 6. The standard InChI is InChI=1S/C13H27NO2/c1-11(2)16-10-13(15)9-14(3)12-7-5-4-6-8-12/h11-13,15H,4-10H2,1-3H3. The average molecular weight is 229 g/mol. The first-order valence-electron chi connectivity index (χ1n) is 6.59. The topological polar surface area (TPSA) is 32.7 Å². The maximum absolute atomic E-state index is 9.83. The third-order valence-corrected chi connectivity index (χ3v) is 3.32. The van der Waals surface area contributed by atoms with E-state index < -0.39 is 0 Å². The first kappa shape index (κ1) is 13.9. The number of nitrogens with zero attached hydrogens (tertiary/aromatic N) is 1. The summed E-state index contributed by atoms with van der Waals surface area (Å²) in [5.74, 6) is 0. The Labute approximate surface area is 99.8 Å². The van der Waals surface area contributed by atoms with Crippen LogP contribution in [0.3, 0.4) is 0 Å². The zero-order valence-corrected chi connectivity index (χ0v) is 11.0. The van der Waals surface area contributed by atoms with E-state index in [-0.39, 0.29) is 12.2 Å². The van der Waals surface area contributed by atoms with Crippen molar-refractivity contribution in [3.05, 3.63) is 0 Å². The molecule has 96 valence electrons. The van der Waals surface area contributed by atoms with Crippen molar-refractivity contribution in [1.29, 1.82) is 0 Å². The van der Waals surface area contributed by atoms with Crippen LogP contribution < -0.4 is 0 Å². The van der Waals surface area contributed by atoms with E-state index in [4.69, 9.17) is 4.74 Å². The summed E-state index contributed by atoms with van der Waals surface area (Å²) in [7, 11) is 2.12. The van der Waals surface area contributed by atoms with Gasteiger partial charge >= 0.3 is 0 Å². The van der Waals surface area contributed by atoms with Gasteiger partial charge in [-0.3, -0.25) is 0 Å². The van der Waals surface area contributed by atoms with Crippen LogP contribution in [0, 0.1) is 0 Å². The summed E-state index contributed by atoms with van der Waals surface area (Å²) in [5, 5.41) is 9.83. The highest BCUT2D eigenvalue weighted by atomic mass is 16.5. The second kappa shape index (κ2) is 7.25. The van der Waals surface area contributed by atoms with Gasteiger partial charge in [-0.1, -0.05) is 19.3 Å². The number of hydrogen-bond donors (Lipinski definition) is 1. The van der Waals surface area contributed by atoms with Crippen LogP contribution >= 0.6 is 0 Å². The molecule has 1 fully saturated rings. The molecule has 0 aromatic rings. The highest BCUT2D eigenvalue weighted by molar-refractivity contribution is 4.75. The molecule has 0 aromatic heterocycles. The van der Waals surface area contributed by atoms with E-state index in [1.165, 1.54) is 32.1 Å². The van der Waals surface area contributed by atoms with Gasteiger partial charge in [-0.15, -0.1) is 0 Å². The minimum Gasteiger partial charge on any atom is -0.389 e. The highest BCUT2D eigenvalue weighted by Crippen LogP contribution is 2.21. The maximum Gasteiger partial charge on any atom is 0.0900 e. The lowest BCUT2D eigenvalue weighted by atomic mass is 9.94. The molecule has 0 aliphatic heterocycles. The van der Waals surface area contributed by atoms with Crippen LogP contribution in [0.2, 0.25) is 0 Å². The summed E-state index contributed by atoms with van der Waals surface area (Å²) in [6.45, 7) is 5.18. The van der Waals surface area contributed by atoms with Gasteiger partial charge in [-0.25, -0.2) is 0 Å². The predicted octanol–water partition coefficient (Wildman–Crippen LogP) is 2.04. The maximum atomic E-state index is 9.83. The second-order valence-electron chi connectivity index (χ2n) is 5.27. The molecular formula is C13H27NO2. The predicted molar refractivity (Wildman–Crippen MR) is 66.6 cm³/mol. The molecule has 1 aliphatic carbocycles. The van der Waals surface area contributed by atoms with E-state index in [9.17, 15) is 5.11 Å². The molecule has 0 amide bonds. The average Bonchev–Trinajstić information content (AvgIpc) is 2.27. The van der Waals surface area contributed by atoms with Crippen LogP contribution in [-0.4, -0.2) is 48.5 Å². The van der Waals surface area contributed by atoms with Gasteiger partial charge in [-0.2, -0.15) is 0 Å². The van der Waals surface area contributed by atoms with Gasteiger partial charge in [0.1, 0.15) is 0 Å². The number of aliphatic hydroxyl groups is 1. The van der Waals surface area contributed by atoms with E-state index in [1.807, 2.05) is 13.8 Å². The van der Waals surface area contributed by atoms with E-state index in [0.29, 0.717) is 12.6 Å². The van der Waals surface area contributed by atoms with Crippen molar-refractivity contribution in [2.45, 2.75) is 64.2 Å². The van der Waals surface area contributed by atoms with Crippen LogP contribution in [0.5, 0.6) is 0 Å². The summed E-state index contributed by atoms with van der Waals surface area (Å²) in [6, 6.07) is 0.669. The van der Waals surface area contributed by atoms with Crippen LogP contribution in [0.1, 0.15) is 46.0 Å². The zero-order valence-electron chi connectivity index (χ0n) is 11.0. The van der Waals surface area contributed by atoms with Crippen LogP contribution in [0.4, 0.5) is 0 Å². The SMILES string of the molecule is CC(C)OCC(O)CN(C)C1CCCCC1. The fraction of sp³-hybridized carbons (Fsp3) is 1.00. The molecule has 0 saturated heterocycles. The molecule has 1 aliphatic rings. The second-order valence-corrected chi connectivity index (χ2v) is 5.27. The molecule has 1 rings (SSSR count). The summed E-state index contributed by atoms with van der Waals surface area (Å²) in [4.78, 5) is 2.30. The van der Waals surface area contributed by atoms with E-state index in [0.717, 1.165) is 6.54 Å². The molecule has 1 unspecified atom stereocenters. The molecule has 0 aromatic carbocycles. The van der Waals surface area contributed by atoms with Crippen molar-refractivity contribution >= 4 is 0 Å². The molecule has 1 saturated carbocycles. The van der Waals surface area contributed by atoms with Gasteiger partial charge in [0.05, 0.1) is 18.8 Å². The Morgan fingerprint density at radius 1 is 1.25 bits per heavy atom. The lowest BCUT2D eigenvalue weighted by molar-refractivity contribution is -0.0121. The van der Waals surface area contributed by atoms with Gasteiger partial charge in [0.15, 0.2) is 0 Å². The number of aliphatic hydroxyl groups excluding tert-OH is 1. The Kier molecular flexibility index (Phi) is 6.32. The molecule has 3 nitrogen and oxygen atoms in total. The Morgan fingerprint density at radius 2 is 1.88 bits per heavy atom. The summed E-state index contributed by atoms with van der Waals surface area (Å²) in [6.07, 6.45) is 6.48. The van der Waals surface area contributed by atoms with E-state index in [2.05, 4.69) is 11.9 Å². The van der Waals surface area contributed by atoms with Gasteiger partial charge in [0.25, 0.3) is 0 Å². The van der Waals surface area contributed by atoms with Crippen LogP contribution in [0.25, 0.3) is 0 Å². The molecule has 0 spiro atoms. The summed E-state index contributed by atoms with van der Waals surface area (Å²) in [5.41, 5.74) is 0. The molecule has 0 heterocycles. The van der Waals surface area contributed by atoms with Crippen molar-refractivity contribution in [1.82, 2.24) is 4.90 Å². The zero-order chi connectivity index (χ0) is 12.0. The molecule has 3 heteroatoms. The first-order valence-corrected chi connectivity index (χ1v) is 6.59. The summed E-state index contributed by atoms with van der Waals surface area (Å²) >= 11 is 0. The van der Waals surface area contributed by atoms with Crippen molar-refractivity contribution in [3.63, 3.8) is 0 Å². The third-order valence-electron chi connectivity index (χ3n) is 3.32. The largest absolute Gasteiger partial charge is 0.389 e. The lowest BCUT2D eigenvalue weighted by Crippen LogP contribution is -2.40.